The number of nitrogens with one attached hydrogen (secondary N) is 1. The molecule has 0 saturated heterocycles. The van der Waals surface area contributed by atoms with E-state index >= 15 is 0 Å². The largest absolute Gasteiger partial charge is 0.412 e. The van der Waals surface area contributed by atoms with Gasteiger partial charge >= 0.3 is 6.09 Å². The van der Waals surface area contributed by atoms with Gasteiger partial charge in [0.15, 0.2) is 11.6 Å². The topological polar surface area (TPSA) is 90.1 Å². The summed E-state index contributed by atoms with van der Waals surface area (Å²) in [5, 5.41) is 6.79. The number of pyridine rings is 1. The first kappa shape index (κ1) is 19.5. The maximum Gasteiger partial charge on any atom is 0.412 e. The van der Waals surface area contributed by atoms with Crippen LogP contribution in [0, 0.1) is 5.82 Å². The van der Waals surface area contributed by atoms with Crippen molar-refractivity contribution < 1.29 is 18.4 Å². The third-order valence-electron chi connectivity index (χ3n) is 4.14. The van der Waals surface area contributed by atoms with Gasteiger partial charge in [0.05, 0.1) is 6.20 Å². The molecule has 3 aromatic rings. The fraction of sp³-hybridized carbons (Fsp3) is 0.300. The number of aromatic nitrogens is 3. The lowest BCUT2D eigenvalue weighted by Gasteiger charge is -2.12. The molecule has 0 aliphatic rings. The van der Waals surface area contributed by atoms with Gasteiger partial charge in [-0.2, -0.15) is 4.98 Å². The number of carbonyl (C=O) groups is 1. The standard InChI is InChI=1S/C20H21FN4O3/c1-2-4-14(10-12-23-20(26)27-17-5-3-11-22-13-17)18-24-19(28-25-18)15-6-8-16(21)9-7-15/h3,5-9,11,13-14H,2,4,10,12H2,1H3,(H,23,26). The third kappa shape index (κ3) is 5.35. The van der Waals surface area contributed by atoms with Gasteiger partial charge < -0.3 is 14.6 Å². The van der Waals surface area contributed by atoms with Crippen LogP contribution in [0.15, 0.2) is 53.3 Å². The summed E-state index contributed by atoms with van der Waals surface area (Å²) in [5.74, 6) is 1.01. The Morgan fingerprint density at radius 3 is 2.79 bits per heavy atom. The van der Waals surface area contributed by atoms with Crippen LogP contribution in [-0.4, -0.2) is 27.8 Å². The predicted octanol–water partition coefficient (Wildman–Crippen LogP) is 4.33. The van der Waals surface area contributed by atoms with Crippen LogP contribution in [0.25, 0.3) is 11.5 Å². The van der Waals surface area contributed by atoms with E-state index in [2.05, 4.69) is 27.4 Å². The number of nitrogens with zero attached hydrogens (tertiary/aromatic N) is 3. The molecule has 28 heavy (non-hydrogen) atoms. The van der Waals surface area contributed by atoms with Crippen molar-refractivity contribution in [3.05, 3.63) is 60.4 Å². The molecule has 1 amide bonds. The third-order valence-corrected chi connectivity index (χ3v) is 4.14. The summed E-state index contributed by atoms with van der Waals surface area (Å²) in [5.41, 5.74) is 0.661. The average molecular weight is 384 g/mol. The van der Waals surface area contributed by atoms with Gasteiger partial charge in [0.1, 0.15) is 5.82 Å². The van der Waals surface area contributed by atoms with Crippen molar-refractivity contribution in [1.29, 1.82) is 0 Å². The second-order valence-corrected chi connectivity index (χ2v) is 6.24. The molecule has 1 aromatic carbocycles. The van der Waals surface area contributed by atoms with Crippen LogP contribution >= 0.6 is 0 Å². The summed E-state index contributed by atoms with van der Waals surface area (Å²) in [6.07, 6.45) is 4.95. The van der Waals surface area contributed by atoms with E-state index in [0.717, 1.165) is 12.8 Å². The number of benzene rings is 1. The number of hydrogen-bond donors (Lipinski definition) is 1. The Labute approximate surface area is 161 Å². The summed E-state index contributed by atoms with van der Waals surface area (Å²) in [6.45, 7) is 2.47. The van der Waals surface area contributed by atoms with Gasteiger partial charge in [-0.15, -0.1) is 0 Å². The highest BCUT2D eigenvalue weighted by Crippen LogP contribution is 2.25. The minimum atomic E-state index is -0.539. The second-order valence-electron chi connectivity index (χ2n) is 6.24. The molecule has 0 spiro atoms. The van der Waals surface area contributed by atoms with Crippen molar-refractivity contribution >= 4 is 6.09 Å². The first-order valence-electron chi connectivity index (χ1n) is 9.11. The fourth-order valence-electron chi connectivity index (χ4n) is 2.76. The van der Waals surface area contributed by atoms with E-state index < -0.39 is 6.09 Å². The first-order chi connectivity index (χ1) is 13.7. The van der Waals surface area contributed by atoms with Crippen LogP contribution in [0.5, 0.6) is 5.75 Å². The van der Waals surface area contributed by atoms with Crippen LogP contribution in [0.4, 0.5) is 9.18 Å². The van der Waals surface area contributed by atoms with E-state index in [0.29, 0.717) is 36.0 Å². The van der Waals surface area contributed by atoms with Crippen molar-refractivity contribution in [3.63, 3.8) is 0 Å². The molecule has 0 fully saturated rings. The van der Waals surface area contributed by atoms with Gasteiger partial charge in [0.2, 0.25) is 0 Å². The highest BCUT2D eigenvalue weighted by atomic mass is 19.1. The lowest BCUT2D eigenvalue weighted by Crippen LogP contribution is -2.28. The fourth-order valence-corrected chi connectivity index (χ4v) is 2.76. The monoisotopic (exact) mass is 384 g/mol. The number of amides is 1. The number of halogens is 1. The predicted molar refractivity (Wildman–Crippen MR) is 100 cm³/mol. The summed E-state index contributed by atoms with van der Waals surface area (Å²) >= 11 is 0. The molecular weight excluding hydrogens is 363 g/mol. The minimum absolute atomic E-state index is 0.0293. The molecular formula is C20H21FN4O3. The molecule has 1 N–H and O–H groups in total. The van der Waals surface area contributed by atoms with Crippen LogP contribution < -0.4 is 10.1 Å². The summed E-state index contributed by atoms with van der Waals surface area (Å²) in [4.78, 5) is 20.2. The molecule has 7 nitrogen and oxygen atoms in total. The van der Waals surface area contributed by atoms with Crippen molar-refractivity contribution in [1.82, 2.24) is 20.4 Å². The second kappa shape index (κ2) is 9.59. The zero-order chi connectivity index (χ0) is 19.8. The molecule has 3 rings (SSSR count). The van der Waals surface area contributed by atoms with E-state index in [9.17, 15) is 9.18 Å². The van der Waals surface area contributed by atoms with Crippen LogP contribution in [0.1, 0.15) is 37.9 Å². The maximum atomic E-state index is 13.1. The quantitative estimate of drug-likeness (QED) is 0.622. The molecule has 1 unspecified atom stereocenters. The van der Waals surface area contributed by atoms with E-state index in [1.165, 1.54) is 18.3 Å². The van der Waals surface area contributed by atoms with Crippen molar-refractivity contribution in [2.45, 2.75) is 32.1 Å². The van der Waals surface area contributed by atoms with E-state index in [-0.39, 0.29) is 11.7 Å². The minimum Gasteiger partial charge on any atom is -0.409 e. The molecule has 0 radical (unpaired) electrons. The van der Waals surface area contributed by atoms with Crippen LogP contribution in [0.3, 0.4) is 0 Å². The van der Waals surface area contributed by atoms with Crippen LogP contribution in [0.2, 0.25) is 0 Å². The number of hydrogen-bond acceptors (Lipinski definition) is 6. The summed E-state index contributed by atoms with van der Waals surface area (Å²) in [6, 6.07) is 9.23. The highest BCUT2D eigenvalue weighted by molar-refractivity contribution is 5.70. The lowest BCUT2D eigenvalue weighted by atomic mass is 9.99. The molecule has 146 valence electrons. The average Bonchev–Trinajstić information content (AvgIpc) is 3.19. The Bertz CT molecular complexity index is 884. The molecule has 1 atom stereocenters. The Balaban J connectivity index is 1.56. The molecule has 0 bridgehead atoms. The molecule has 0 aliphatic carbocycles. The van der Waals surface area contributed by atoms with Gasteiger partial charge in [0.25, 0.3) is 5.89 Å². The van der Waals surface area contributed by atoms with Crippen molar-refractivity contribution in [3.8, 4) is 17.2 Å². The smallest absolute Gasteiger partial charge is 0.409 e. The van der Waals surface area contributed by atoms with Crippen molar-refractivity contribution in [2.75, 3.05) is 6.54 Å². The van der Waals surface area contributed by atoms with Crippen LogP contribution in [-0.2, 0) is 0 Å². The highest BCUT2D eigenvalue weighted by Gasteiger charge is 2.19. The first-order valence-corrected chi connectivity index (χ1v) is 9.11. The molecule has 8 heteroatoms. The van der Waals surface area contributed by atoms with E-state index in [4.69, 9.17) is 9.26 Å². The Hall–Kier alpha value is -3.29. The maximum absolute atomic E-state index is 13.1. The van der Waals surface area contributed by atoms with E-state index in [1.54, 1.807) is 30.5 Å². The number of rotatable bonds is 8. The van der Waals surface area contributed by atoms with Gasteiger partial charge in [-0.1, -0.05) is 18.5 Å². The molecule has 2 aromatic heterocycles. The van der Waals surface area contributed by atoms with Crippen molar-refractivity contribution in [2.24, 2.45) is 0 Å². The van der Waals surface area contributed by atoms with Gasteiger partial charge in [-0.25, -0.2) is 9.18 Å². The van der Waals surface area contributed by atoms with Gasteiger partial charge in [-0.05, 0) is 49.2 Å². The Kier molecular flexibility index (Phi) is 6.67. The molecule has 0 aliphatic heterocycles. The normalized spacial score (nSPS) is 11.8. The number of carbonyl (C=O) groups excluding carboxylic acids is 1. The van der Waals surface area contributed by atoms with Gasteiger partial charge in [0, 0.05) is 24.2 Å². The molecule has 2 heterocycles. The molecule has 0 saturated carbocycles. The Morgan fingerprint density at radius 1 is 1.25 bits per heavy atom. The van der Waals surface area contributed by atoms with E-state index in [1.807, 2.05) is 0 Å². The Morgan fingerprint density at radius 2 is 2.07 bits per heavy atom. The summed E-state index contributed by atoms with van der Waals surface area (Å²) < 4.78 is 23.5. The van der Waals surface area contributed by atoms with Gasteiger partial charge in [-0.3, -0.25) is 4.98 Å². The zero-order valence-electron chi connectivity index (χ0n) is 15.5. The summed E-state index contributed by atoms with van der Waals surface area (Å²) in [7, 11) is 0. The number of ether oxygens (including phenoxy) is 1. The SMILES string of the molecule is CCCC(CCNC(=O)Oc1cccnc1)c1noc(-c2ccc(F)cc2)n1. The lowest BCUT2D eigenvalue weighted by molar-refractivity contribution is 0.200. The zero-order valence-corrected chi connectivity index (χ0v) is 15.5.